The Kier molecular flexibility index (Phi) is 6.15. The molecule has 9 heteroatoms. The van der Waals surface area contributed by atoms with Crippen molar-refractivity contribution < 1.29 is 4.79 Å². The minimum absolute atomic E-state index is 0.00576. The molecule has 0 bridgehead atoms. The van der Waals surface area contributed by atoms with Crippen LogP contribution in [0, 0.1) is 6.92 Å². The van der Waals surface area contributed by atoms with Gasteiger partial charge < -0.3 is 15.2 Å². The molecule has 170 valence electrons. The number of thioether (sulfide) groups is 1. The Hall–Kier alpha value is -3.17. The van der Waals surface area contributed by atoms with Crippen LogP contribution in [0.4, 0.5) is 0 Å². The lowest BCUT2D eigenvalue weighted by molar-refractivity contribution is 0.0767. The van der Waals surface area contributed by atoms with Crippen molar-refractivity contribution in [3.63, 3.8) is 0 Å². The molecular weight excluding hydrogens is 434 g/mol. The molecular formula is C24H27N7OS. The summed E-state index contributed by atoms with van der Waals surface area (Å²) in [6.45, 7) is 7.48. The third-order valence-electron chi connectivity index (χ3n) is 6.09. The summed E-state index contributed by atoms with van der Waals surface area (Å²) >= 11 is 1.88. The van der Waals surface area contributed by atoms with Gasteiger partial charge >= 0.3 is 0 Å². The minimum atomic E-state index is -0.00576. The van der Waals surface area contributed by atoms with Gasteiger partial charge in [-0.2, -0.15) is 16.9 Å². The number of carbonyl (C=O) groups excluding carboxylic acids is 1. The second-order valence-corrected chi connectivity index (χ2v) is 9.36. The average Bonchev–Trinajstić information content (AvgIpc) is 3.50. The Labute approximate surface area is 196 Å². The second-order valence-electron chi connectivity index (χ2n) is 8.13. The molecule has 8 nitrogen and oxygen atoms in total. The van der Waals surface area contributed by atoms with Gasteiger partial charge in [-0.1, -0.05) is 13.0 Å². The summed E-state index contributed by atoms with van der Waals surface area (Å²) in [5.41, 5.74) is 6.68. The number of fused-ring (bicyclic) bond motifs is 1. The number of nitrogens with zero attached hydrogens (tertiary/aromatic N) is 4. The van der Waals surface area contributed by atoms with Crippen LogP contribution >= 0.6 is 11.8 Å². The van der Waals surface area contributed by atoms with Crippen molar-refractivity contribution >= 4 is 28.6 Å². The molecule has 0 aliphatic carbocycles. The average molecular weight is 462 g/mol. The van der Waals surface area contributed by atoms with Gasteiger partial charge in [0.05, 0.1) is 11.7 Å². The number of carbonyl (C=O) groups is 1. The highest BCUT2D eigenvalue weighted by Crippen LogP contribution is 2.31. The Morgan fingerprint density at radius 3 is 2.88 bits per heavy atom. The predicted octanol–water partition coefficient (Wildman–Crippen LogP) is 3.62. The number of nitrogens with one attached hydrogen (secondary N) is 3. The SMILES string of the molecule is CCNCc1cncc(-c2ccc3[nH]nc(-c4ncc(C(=O)N5CCSCC5)[nH]4)c3c2)c1C. The second kappa shape index (κ2) is 9.36. The van der Waals surface area contributed by atoms with Crippen LogP contribution in [0.3, 0.4) is 0 Å². The van der Waals surface area contributed by atoms with Crippen molar-refractivity contribution in [3.05, 3.63) is 53.6 Å². The molecule has 1 aliphatic rings. The van der Waals surface area contributed by atoms with E-state index in [0.29, 0.717) is 17.2 Å². The minimum Gasteiger partial charge on any atom is -0.336 e. The fourth-order valence-electron chi connectivity index (χ4n) is 4.15. The van der Waals surface area contributed by atoms with Gasteiger partial charge in [-0.25, -0.2) is 4.98 Å². The van der Waals surface area contributed by atoms with Gasteiger partial charge in [0.15, 0.2) is 5.82 Å². The van der Waals surface area contributed by atoms with E-state index in [-0.39, 0.29) is 5.91 Å². The van der Waals surface area contributed by atoms with Crippen LogP contribution in [-0.4, -0.2) is 67.1 Å². The highest BCUT2D eigenvalue weighted by molar-refractivity contribution is 7.99. The number of imidazole rings is 1. The van der Waals surface area contributed by atoms with Crippen LogP contribution in [0.1, 0.15) is 28.5 Å². The zero-order valence-electron chi connectivity index (χ0n) is 18.8. The van der Waals surface area contributed by atoms with Gasteiger partial charge in [0, 0.05) is 54.5 Å². The van der Waals surface area contributed by atoms with Crippen molar-refractivity contribution in [2.45, 2.75) is 20.4 Å². The Balaban J connectivity index is 1.48. The maximum absolute atomic E-state index is 12.8. The van der Waals surface area contributed by atoms with Crippen molar-refractivity contribution in [2.75, 3.05) is 31.1 Å². The van der Waals surface area contributed by atoms with E-state index in [1.54, 1.807) is 6.20 Å². The molecule has 5 rings (SSSR count). The number of aromatic nitrogens is 5. The molecule has 0 unspecified atom stereocenters. The molecule has 0 radical (unpaired) electrons. The van der Waals surface area contributed by atoms with Gasteiger partial charge in [-0.3, -0.25) is 14.9 Å². The Morgan fingerprint density at radius 2 is 2.06 bits per heavy atom. The lowest BCUT2D eigenvalue weighted by Crippen LogP contribution is -2.38. The van der Waals surface area contributed by atoms with Crippen LogP contribution in [0.2, 0.25) is 0 Å². The summed E-state index contributed by atoms with van der Waals surface area (Å²) in [7, 11) is 0. The maximum Gasteiger partial charge on any atom is 0.271 e. The molecule has 3 N–H and O–H groups in total. The van der Waals surface area contributed by atoms with Crippen molar-refractivity contribution in [3.8, 4) is 22.6 Å². The number of amides is 1. The topological polar surface area (TPSA) is 103 Å². The number of hydrogen-bond donors (Lipinski definition) is 3. The molecule has 1 aliphatic heterocycles. The number of pyridine rings is 1. The molecule has 4 heterocycles. The normalized spacial score (nSPS) is 14.2. The lowest BCUT2D eigenvalue weighted by Gasteiger charge is -2.25. The molecule has 1 amide bonds. The third-order valence-corrected chi connectivity index (χ3v) is 7.03. The standard InChI is InChI=1S/C24H27N7OS/c1-3-25-11-17-12-26-13-19(15(17)2)16-4-5-20-18(10-16)22(30-29-20)23-27-14-21(28-23)24(32)31-6-8-33-9-7-31/h4-5,10,12-14,25H,3,6-9,11H2,1-2H3,(H,27,28)(H,29,30). The highest BCUT2D eigenvalue weighted by atomic mass is 32.2. The van der Waals surface area contributed by atoms with E-state index in [0.717, 1.165) is 59.7 Å². The first-order chi connectivity index (χ1) is 16.2. The molecule has 0 atom stereocenters. The molecule has 3 aromatic heterocycles. The summed E-state index contributed by atoms with van der Waals surface area (Å²) in [5.74, 6) is 2.53. The first-order valence-electron chi connectivity index (χ1n) is 11.2. The highest BCUT2D eigenvalue weighted by Gasteiger charge is 2.22. The Morgan fingerprint density at radius 1 is 1.21 bits per heavy atom. The molecule has 33 heavy (non-hydrogen) atoms. The van der Waals surface area contributed by atoms with E-state index in [1.807, 2.05) is 35.1 Å². The monoisotopic (exact) mass is 461 g/mol. The zero-order valence-corrected chi connectivity index (χ0v) is 19.6. The van der Waals surface area contributed by atoms with Crippen LogP contribution < -0.4 is 5.32 Å². The van der Waals surface area contributed by atoms with E-state index < -0.39 is 0 Å². The van der Waals surface area contributed by atoms with Crippen LogP contribution in [0.5, 0.6) is 0 Å². The number of hydrogen-bond acceptors (Lipinski definition) is 6. The summed E-state index contributed by atoms with van der Waals surface area (Å²) in [4.78, 5) is 26.9. The third kappa shape index (κ3) is 4.26. The van der Waals surface area contributed by atoms with E-state index in [4.69, 9.17) is 0 Å². The first-order valence-corrected chi connectivity index (χ1v) is 12.4. The number of H-pyrrole nitrogens is 2. The molecule has 1 fully saturated rings. The van der Waals surface area contributed by atoms with Gasteiger partial charge in [0.1, 0.15) is 11.4 Å². The van der Waals surface area contributed by atoms with Crippen LogP contribution in [0.15, 0.2) is 36.8 Å². The smallest absolute Gasteiger partial charge is 0.271 e. The quantitative estimate of drug-likeness (QED) is 0.405. The number of rotatable bonds is 6. The van der Waals surface area contributed by atoms with Gasteiger partial charge in [-0.05, 0) is 42.3 Å². The van der Waals surface area contributed by atoms with Crippen molar-refractivity contribution in [1.82, 2.24) is 35.4 Å². The van der Waals surface area contributed by atoms with Crippen molar-refractivity contribution in [1.29, 1.82) is 0 Å². The van der Waals surface area contributed by atoms with Crippen LogP contribution in [-0.2, 0) is 6.54 Å². The zero-order chi connectivity index (χ0) is 22.8. The fraction of sp³-hybridized carbons (Fsp3) is 0.333. The number of benzene rings is 1. The largest absolute Gasteiger partial charge is 0.336 e. The van der Waals surface area contributed by atoms with E-state index >= 15 is 0 Å². The summed E-state index contributed by atoms with van der Waals surface area (Å²) < 4.78 is 0. The number of aromatic amines is 2. The summed E-state index contributed by atoms with van der Waals surface area (Å²) in [5, 5.41) is 11.9. The van der Waals surface area contributed by atoms with E-state index in [2.05, 4.69) is 56.4 Å². The maximum atomic E-state index is 12.8. The summed E-state index contributed by atoms with van der Waals surface area (Å²) in [6.07, 6.45) is 5.44. The van der Waals surface area contributed by atoms with Gasteiger partial charge in [0.2, 0.25) is 0 Å². The van der Waals surface area contributed by atoms with Gasteiger partial charge in [0.25, 0.3) is 5.91 Å². The van der Waals surface area contributed by atoms with E-state index in [1.165, 1.54) is 11.1 Å². The predicted molar refractivity (Wildman–Crippen MR) is 132 cm³/mol. The lowest BCUT2D eigenvalue weighted by atomic mass is 9.98. The molecule has 1 saturated heterocycles. The van der Waals surface area contributed by atoms with Crippen LogP contribution in [0.25, 0.3) is 33.5 Å². The molecule has 4 aromatic rings. The summed E-state index contributed by atoms with van der Waals surface area (Å²) in [6, 6.07) is 6.22. The first kappa shape index (κ1) is 21.7. The molecule has 0 spiro atoms. The van der Waals surface area contributed by atoms with Gasteiger partial charge in [-0.15, -0.1) is 0 Å². The fourth-order valence-corrected chi connectivity index (χ4v) is 5.05. The molecule has 0 saturated carbocycles. The van der Waals surface area contributed by atoms with Crippen molar-refractivity contribution in [2.24, 2.45) is 0 Å². The Bertz CT molecular complexity index is 1290. The van der Waals surface area contributed by atoms with E-state index in [9.17, 15) is 4.79 Å². The molecule has 1 aromatic carbocycles.